The Morgan fingerprint density at radius 3 is 2.58 bits per heavy atom. The summed E-state index contributed by atoms with van der Waals surface area (Å²) in [5.74, 6) is -0.0679. The Morgan fingerprint density at radius 1 is 1.58 bits per heavy atom. The quantitative estimate of drug-likeness (QED) is 0.668. The average molecular weight is 237 g/mol. The summed E-state index contributed by atoms with van der Waals surface area (Å²) in [4.78, 5) is 21.5. The summed E-state index contributed by atoms with van der Waals surface area (Å²) >= 11 is 2.73. The zero-order valence-corrected chi connectivity index (χ0v) is 8.56. The summed E-state index contributed by atoms with van der Waals surface area (Å²) in [6, 6.07) is -0.576. The molecule has 0 aliphatic rings. The predicted octanol–water partition coefficient (Wildman–Crippen LogP) is 0.152. The van der Waals surface area contributed by atoms with Crippen LogP contribution in [0.15, 0.2) is 0 Å². The number of carbonyl (C=O) groups excluding carboxylic acids is 2. The van der Waals surface area contributed by atoms with E-state index in [0.717, 1.165) is 0 Å². The lowest BCUT2D eigenvalue weighted by atomic mass is 10.2. The van der Waals surface area contributed by atoms with Gasteiger partial charge in [0.25, 0.3) is 0 Å². The van der Waals surface area contributed by atoms with Gasteiger partial charge in [-0.3, -0.25) is 9.59 Å². The molecule has 0 aromatic rings. The normalized spacial score (nSPS) is 12.2. The summed E-state index contributed by atoms with van der Waals surface area (Å²) in [6.07, 6.45) is 0.683. The molecule has 1 atom stereocenters. The van der Waals surface area contributed by atoms with Crippen molar-refractivity contribution in [3.63, 3.8) is 0 Å². The molecule has 0 rings (SSSR count). The van der Waals surface area contributed by atoms with Crippen LogP contribution in [0.25, 0.3) is 0 Å². The van der Waals surface area contributed by atoms with E-state index < -0.39 is 6.04 Å². The highest BCUT2D eigenvalue weighted by atomic mass is 79.9. The van der Waals surface area contributed by atoms with Gasteiger partial charge in [0.2, 0.25) is 10.6 Å². The maximum atomic E-state index is 10.9. The second-order valence-corrected chi connectivity index (χ2v) is 3.18. The molecule has 0 heterocycles. The molecule has 0 saturated heterocycles. The van der Waals surface area contributed by atoms with Crippen LogP contribution < -0.4 is 11.1 Å². The first-order valence-corrected chi connectivity index (χ1v) is 4.58. The molecule has 0 aromatic heterocycles. The first-order chi connectivity index (χ1) is 5.57. The maximum Gasteiger partial charge on any atom is 0.220 e. The van der Waals surface area contributed by atoms with Crippen LogP contribution in [-0.2, 0) is 9.59 Å². The van der Waals surface area contributed by atoms with Gasteiger partial charge in [-0.2, -0.15) is 0 Å². The zero-order chi connectivity index (χ0) is 9.56. The molecule has 0 bridgehead atoms. The third-order valence-electron chi connectivity index (χ3n) is 1.35. The molecule has 0 radical (unpaired) electrons. The summed E-state index contributed by atoms with van der Waals surface area (Å²) < 4.78 is -0.258. The standard InChI is InChI=1S/C7H13BrN2O2/c1-2-10-6(11)4-3-5(9)7(8)12/h5H,2-4,9H2,1H3,(H,10,11)/t5-/m0/s1. The number of nitrogens with one attached hydrogen (secondary N) is 1. The second kappa shape index (κ2) is 6.14. The molecule has 0 saturated carbocycles. The molecule has 0 spiro atoms. The van der Waals surface area contributed by atoms with Crippen molar-refractivity contribution in [3.05, 3.63) is 0 Å². The monoisotopic (exact) mass is 236 g/mol. The number of hydrogen-bond acceptors (Lipinski definition) is 3. The molecule has 0 aliphatic carbocycles. The zero-order valence-electron chi connectivity index (χ0n) is 6.97. The lowest BCUT2D eigenvalue weighted by Crippen LogP contribution is -2.30. The Kier molecular flexibility index (Phi) is 5.92. The van der Waals surface area contributed by atoms with Crippen LogP contribution in [0.3, 0.4) is 0 Å². The molecule has 4 nitrogen and oxygen atoms in total. The van der Waals surface area contributed by atoms with Crippen molar-refractivity contribution in [1.82, 2.24) is 5.32 Å². The highest BCUT2D eigenvalue weighted by Crippen LogP contribution is 1.99. The van der Waals surface area contributed by atoms with Crippen LogP contribution in [0.2, 0.25) is 0 Å². The molecule has 0 aliphatic heterocycles. The van der Waals surface area contributed by atoms with Gasteiger partial charge in [0.05, 0.1) is 6.04 Å². The van der Waals surface area contributed by atoms with Gasteiger partial charge in [0.1, 0.15) is 0 Å². The average Bonchev–Trinajstić information content (AvgIpc) is 2.00. The third kappa shape index (κ3) is 5.26. The van der Waals surface area contributed by atoms with Crippen LogP contribution in [-0.4, -0.2) is 23.2 Å². The summed E-state index contributed by atoms with van der Waals surface area (Å²) in [7, 11) is 0. The number of hydrogen-bond donors (Lipinski definition) is 2. The van der Waals surface area contributed by atoms with Gasteiger partial charge < -0.3 is 11.1 Å². The van der Waals surface area contributed by atoms with E-state index in [4.69, 9.17) is 5.73 Å². The van der Waals surface area contributed by atoms with Crippen molar-refractivity contribution in [2.75, 3.05) is 6.54 Å². The minimum Gasteiger partial charge on any atom is -0.356 e. The van der Waals surface area contributed by atoms with Gasteiger partial charge in [0, 0.05) is 13.0 Å². The first kappa shape index (κ1) is 11.6. The van der Waals surface area contributed by atoms with E-state index >= 15 is 0 Å². The van der Waals surface area contributed by atoms with Gasteiger partial charge in [-0.1, -0.05) is 0 Å². The Bertz CT molecular complexity index is 173. The molecule has 0 unspecified atom stereocenters. The Balaban J connectivity index is 3.54. The van der Waals surface area contributed by atoms with Gasteiger partial charge >= 0.3 is 0 Å². The lowest BCUT2D eigenvalue weighted by Gasteiger charge is -2.05. The van der Waals surface area contributed by atoms with Crippen LogP contribution in [0, 0.1) is 0 Å². The highest BCUT2D eigenvalue weighted by Gasteiger charge is 2.11. The first-order valence-electron chi connectivity index (χ1n) is 3.79. The fourth-order valence-corrected chi connectivity index (χ4v) is 0.915. The minimum absolute atomic E-state index is 0.0679. The topological polar surface area (TPSA) is 72.2 Å². The molecule has 1 amide bonds. The highest BCUT2D eigenvalue weighted by molar-refractivity contribution is 9.18. The molecule has 0 aromatic carbocycles. The van der Waals surface area contributed by atoms with E-state index in [0.29, 0.717) is 19.4 Å². The van der Waals surface area contributed by atoms with E-state index in [9.17, 15) is 9.59 Å². The summed E-state index contributed by atoms with van der Waals surface area (Å²) in [5.41, 5.74) is 5.38. The van der Waals surface area contributed by atoms with E-state index in [1.807, 2.05) is 6.92 Å². The number of halogens is 1. The molecule has 3 N–H and O–H groups in total. The molecular weight excluding hydrogens is 224 g/mol. The van der Waals surface area contributed by atoms with Crippen molar-refractivity contribution in [3.8, 4) is 0 Å². The maximum absolute atomic E-state index is 10.9. The Labute approximate surface area is 80.0 Å². The fraction of sp³-hybridized carbons (Fsp3) is 0.714. The smallest absolute Gasteiger partial charge is 0.220 e. The van der Waals surface area contributed by atoms with Crippen LogP contribution in [0.5, 0.6) is 0 Å². The van der Waals surface area contributed by atoms with Crippen molar-refractivity contribution < 1.29 is 9.59 Å². The number of rotatable bonds is 5. The van der Waals surface area contributed by atoms with Gasteiger partial charge in [-0.05, 0) is 29.3 Å². The fourth-order valence-electron chi connectivity index (χ4n) is 0.686. The van der Waals surface area contributed by atoms with E-state index in [1.54, 1.807) is 0 Å². The summed E-state index contributed by atoms with van der Waals surface area (Å²) in [5, 5.41) is 2.62. The number of nitrogens with two attached hydrogens (primary N) is 1. The van der Waals surface area contributed by atoms with E-state index in [-0.39, 0.29) is 10.6 Å². The van der Waals surface area contributed by atoms with E-state index in [2.05, 4.69) is 21.2 Å². The Hall–Kier alpha value is -0.420. The van der Waals surface area contributed by atoms with Crippen LogP contribution >= 0.6 is 15.9 Å². The predicted molar refractivity (Wildman–Crippen MR) is 49.8 cm³/mol. The minimum atomic E-state index is -0.576. The molecule has 12 heavy (non-hydrogen) atoms. The third-order valence-corrected chi connectivity index (χ3v) is 1.94. The Morgan fingerprint density at radius 2 is 2.17 bits per heavy atom. The molecular formula is C7H13BrN2O2. The van der Waals surface area contributed by atoms with Crippen LogP contribution in [0.4, 0.5) is 0 Å². The van der Waals surface area contributed by atoms with Gasteiger partial charge in [0.15, 0.2) is 0 Å². The van der Waals surface area contributed by atoms with E-state index in [1.165, 1.54) is 0 Å². The van der Waals surface area contributed by atoms with Crippen LogP contribution in [0.1, 0.15) is 19.8 Å². The second-order valence-electron chi connectivity index (χ2n) is 2.40. The molecule has 5 heteroatoms. The molecule has 70 valence electrons. The SMILES string of the molecule is CCNC(=O)CC[C@H](N)C(=O)Br. The van der Waals surface area contributed by atoms with Crippen molar-refractivity contribution in [1.29, 1.82) is 0 Å². The summed E-state index contributed by atoms with van der Waals surface area (Å²) in [6.45, 7) is 2.45. The largest absolute Gasteiger partial charge is 0.356 e. The van der Waals surface area contributed by atoms with Crippen molar-refractivity contribution in [2.24, 2.45) is 5.73 Å². The lowest BCUT2D eigenvalue weighted by molar-refractivity contribution is -0.121. The van der Waals surface area contributed by atoms with Crippen molar-refractivity contribution in [2.45, 2.75) is 25.8 Å². The number of carbonyl (C=O) groups is 2. The van der Waals surface area contributed by atoms with Gasteiger partial charge in [-0.25, -0.2) is 0 Å². The molecule has 0 fully saturated rings. The van der Waals surface area contributed by atoms with Crippen molar-refractivity contribution >= 4 is 26.5 Å². The van der Waals surface area contributed by atoms with Gasteiger partial charge in [-0.15, -0.1) is 0 Å². The number of amides is 1.